The predicted octanol–water partition coefficient (Wildman–Crippen LogP) is 3.23. The molecule has 3 aromatic rings. The molecule has 1 unspecified atom stereocenters. The summed E-state index contributed by atoms with van der Waals surface area (Å²) in [5.74, 6) is 0.604. The number of hydrogen-bond acceptors (Lipinski definition) is 6. The highest BCUT2D eigenvalue weighted by Crippen LogP contribution is 2.44. The fourth-order valence-corrected chi connectivity index (χ4v) is 3.76. The average Bonchev–Trinajstić information content (AvgIpc) is 2.83. The van der Waals surface area contributed by atoms with Crippen molar-refractivity contribution in [2.24, 2.45) is 11.5 Å². The van der Waals surface area contributed by atoms with Crippen LogP contribution < -0.4 is 30.6 Å². The zero-order valence-electron chi connectivity index (χ0n) is 18.9. The molecule has 0 fully saturated rings. The molecule has 0 heterocycles. The van der Waals surface area contributed by atoms with E-state index >= 15 is 0 Å². The van der Waals surface area contributed by atoms with E-state index in [0.29, 0.717) is 34.9 Å². The maximum atomic E-state index is 12.9. The number of carbonyl (C=O) groups is 1. The van der Waals surface area contributed by atoms with Crippen molar-refractivity contribution in [1.82, 2.24) is 0 Å². The van der Waals surface area contributed by atoms with E-state index in [4.69, 9.17) is 31.1 Å². The van der Waals surface area contributed by atoms with Crippen LogP contribution in [0.4, 0.5) is 5.69 Å². The third-order valence-corrected chi connectivity index (χ3v) is 5.32. The summed E-state index contributed by atoms with van der Waals surface area (Å²) in [5, 5.41) is 7.66. The number of nitrogens with zero attached hydrogens (tertiary/aromatic N) is 1. The molecule has 5 N–H and O–H groups in total. The third kappa shape index (κ3) is 5.01. The van der Waals surface area contributed by atoms with Gasteiger partial charge in [0.25, 0.3) is 0 Å². The van der Waals surface area contributed by atoms with E-state index in [0.717, 1.165) is 11.3 Å². The highest BCUT2D eigenvalue weighted by Gasteiger charge is 2.32. The monoisotopic (exact) mass is 448 g/mol. The van der Waals surface area contributed by atoms with Crippen LogP contribution in [0.2, 0.25) is 0 Å². The zero-order chi connectivity index (χ0) is 24.0. The van der Waals surface area contributed by atoms with Crippen LogP contribution in [0.15, 0.2) is 66.7 Å². The molecule has 8 nitrogen and oxygen atoms in total. The van der Waals surface area contributed by atoms with Gasteiger partial charge in [-0.1, -0.05) is 30.3 Å². The maximum Gasteiger partial charge on any atom is 0.244 e. The fraction of sp³-hybridized carbons (Fsp3) is 0.200. The van der Waals surface area contributed by atoms with Crippen LogP contribution in [0.5, 0.6) is 17.2 Å². The van der Waals surface area contributed by atoms with Crippen molar-refractivity contribution in [3.8, 4) is 17.2 Å². The van der Waals surface area contributed by atoms with Crippen molar-refractivity contribution >= 4 is 17.4 Å². The van der Waals surface area contributed by atoms with Crippen molar-refractivity contribution in [2.75, 3.05) is 26.2 Å². The minimum atomic E-state index is -0.886. The Kier molecular flexibility index (Phi) is 7.40. The molecule has 1 amide bonds. The molecule has 0 bridgehead atoms. The molecule has 3 aromatic carbocycles. The van der Waals surface area contributed by atoms with Crippen LogP contribution in [-0.2, 0) is 11.3 Å². The summed E-state index contributed by atoms with van der Waals surface area (Å²) in [7, 11) is 4.54. The minimum absolute atomic E-state index is 0.0378. The van der Waals surface area contributed by atoms with Crippen LogP contribution in [0.3, 0.4) is 0 Å². The van der Waals surface area contributed by atoms with Gasteiger partial charge in [-0.25, -0.2) is 0 Å². The van der Waals surface area contributed by atoms with Gasteiger partial charge >= 0.3 is 0 Å². The molecule has 0 spiro atoms. The van der Waals surface area contributed by atoms with Crippen LogP contribution in [-0.4, -0.2) is 33.1 Å². The van der Waals surface area contributed by atoms with Crippen molar-refractivity contribution in [3.05, 3.63) is 83.4 Å². The van der Waals surface area contributed by atoms with Crippen LogP contribution in [0.1, 0.15) is 22.7 Å². The standard InChI is InChI=1S/C25H28N4O4/c1-31-20-14-13-19(22(32-2)23(20)33-3)21(25(28)30)29(15-16-7-5-4-6-8-16)18-11-9-17(10-12-18)24(26)27/h4-14,21H,15H2,1-3H3,(H3,26,27)(H2,28,30). The first-order valence-electron chi connectivity index (χ1n) is 10.2. The molecule has 33 heavy (non-hydrogen) atoms. The lowest BCUT2D eigenvalue weighted by Crippen LogP contribution is -2.38. The van der Waals surface area contributed by atoms with Gasteiger partial charge in [-0.3, -0.25) is 10.2 Å². The summed E-state index contributed by atoms with van der Waals surface area (Å²) >= 11 is 0. The minimum Gasteiger partial charge on any atom is -0.493 e. The second-order valence-corrected chi connectivity index (χ2v) is 7.30. The number of primary amides is 1. The quantitative estimate of drug-likeness (QED) is 0.323. The van der Waals surface area contributed by atoms with Crippen molar-refractivity contribution in [3.63, 3.8) is 0 Å². The first-order chi connectivity index (χ1) is 15.9. The van der Waals surface area contributed by atoms with Gasteiger partial charge in [0.2, 0.25) is 11.7 Å². The van der Waals surface area contributed by atoms with Crippen LogP contribution in [0, 0.1) is 5.41 Å². The number of amides is 1. The van der Waals surface area contributed by atoms with Gasteiger partial charge in [0, 0.05) is 23.4 Å². The first-order valence-corrected chi connectivity index (χ1v) is 10.2. The smallest absolute Gasteiger partial charge is 0.244 e. The number of methoxy groups -OCH3 is 3. The Labute approximate surface area is 193 Å². The molecule has 0 aliphatic heterocycles. The Balaban J connectivity index is 2.19. The number of carbonyl (C=O) groups excluding carboxylic acids is 1. The first kappa shape index (κ1) is 23.5. The predicted molar refractivity (Wildman–Crippen MR) is 128 cm³/mol. The number of ether oxygens (including phenoxy) is 3. The topological polar surface area (TPSA) is 124 Å². The SMILES string of the molecule is COc1ccc(C(C(N)=O)N(Cc2ccccc2)c2ccc(C(=N)N)cc2)c(OC)c1OC. The van der Waals surface area contributed by atoms with E-state index in [1.54, 1.807) is 24.3 Å². The Hall–Kier alpha value is -4.20. The van der Waals surface area contributed by atoms with Gasteiger partial charge in [-0.2, -0.15) is 0 Å². The van der Waals surface area contributed by atoms with Gasteiger partial charge in [0.15, 0.2) is 11.5 Å². The Bertz CT molecular complexity index is 1120. The summed E-state index contributed by atoms with van der Waals surface area (Å²) in [6.07, 6.45) is 0. The van der Waals surface area contributed by atoms with Gasteiger partial charge in [-0.05, 0) is 42.0 Å². The molecule has 0 radical (unpaired) electrons. The van der Waals surface area contributed by atoms with Crippen molar-refractivity contribution in [2.45, 2.75) is 12.6 Å². The lowest BCUT2D eigenvalue weighted by atomic mass is 10.00. The number of rotatable bonds is 10. The van der Waals surface area contributed by atoms with Crippen LogP contribution in [0.25, 0.3) is 0 Å². The normalized spacial score (nSPS) is 11.4. The lowest BCUT2D eigenvalue weighted by Gasteiger charge is -2.33. The summed E-state index contributed by atoms with van der Waals surface area (Å²) in [6.45, 7) is 0.394. The number of benzene rings is 3. The number of anilines is 1. The number of nitrogen functional groups attached to an aromatic ring is 1. The molecule has 0 saturated carbocycles. The Morgan fingerprint density at radius 3 is 2.03 bits per heavy atom. The highest BCUT2D eigenvalue weighted by molar-refractivity contribution is 5.95. The third-order valence-electron chi connectivity index (χ3n) is 5.32. The highest BCUT2D eigenvalue weighted by atomic mass is 16.5. The van der Waals surface area contributed by atoms with E-state index in [1.165, 1.54) is 21.3 Å². The Morgan fingerprint density at radius 1 is 0.879 bits per heavy atom. The molecular formula is C25H28N4O4. The van der Waals surface area contributed by atoms with Gasteiger partial charge < -0.3 is 30.6 Å². The zero-order valence-corrected chi connectivity index (χ0v) is 18.9. The summed E-state index contributed by atoms with van der Waals surface area (Å²) in [5.41, 5.74) is 14.4. The van der Waals surface area contributed by atoms with Crippen molar-refractivity contribution < 1.29 is 19.0 Å². The summed E-state index contributed by atoms with van der Waals surface area (Å²) in [4.78, 5) is 14.8. The number of nitrogens with one attached hydrogen (secondary N) is 1. The molecule has 3 rings (SSSR count). The number of amidine groups is 1. The summed E-state index contributed by atoms with van der Waals surface area (Å²) < 4.78 is 16.5. The number of hydrogen-bond donors (Lipinski definition) is 3. The van der Waals surface area contributed by atoms with E-state index in [-0.39, 0.29) is 5.84 Å². The average molecular weight is 449 g/mol. The molecular weight excluding hydrogens is 420 g/mol. The van der Waals surface area contributed by atoms with E-state index in [2.05, 4.69) is 0 Å². The Morgan fingerprint density at radius 2 is 1.52 bits per heavy atom. The van der Waals surface area contributed by atoms with Crippen LogP contribution >= 0.6 is 0 Å². The second-order valence-electron chi connectivity index (χ2n) is 7.30. The molecule has 0 aliphatic rings. The van der Waals surface area contributed by atoms with E-state index < -0.39 is 11.9 Å². The molecule has 0 aromatic heterocycles. The van der Waals surface area contributed by atoms with Crippen molar-refractivity contribution in [1.29, 1.82) is 5.41 Å². The molecule has 8 heteroatoms. The maximum absolute atomic E-state index is 12.9. The lowest BCUT2D eigenvalue weighted by molar-refractivity contribution is -0.119. The van der Waals surface area contributed by atoms with E-state index in [1.807, 2.05) is 47.4 Å². The van der Waals surface area contributed by atoms with E-state index in [9.17, 15) is 4.79 Å². The molecule has 0 aliphatic carbocycles. The molecule has 1 atom stereocenters. The van der Waals surface area contributed by atoms with Gasteiger partial charge in [-0.15, -0.1) is 0 Å². The number of nitrogens with two attached hydrogens (primary N) is 2. The second kappa shape index (κ2) is 10.4. The molecule has 0 saturated heterocycles. The molecule has 172 valence electrons. The summed E-state index contributed by atoms with van der Waals surface area (Å²) in [6, 6.07) is 19.4. The van der Waals surface area contributed by atoms with Gasteiger partial charge in [0.1, 0.15) is 11.9 Å². The fourth-order valence-electron chi connectivity index (χ4n) is 3.76. The van der Waals surface area contributed by atoms with Gasteiger partial charge in [0.05, 0.1) is 21.3 Å². The largest absolute Gasteiger partial charge is 0.493 e.